The molecule has 144 valence electrons. The maximum Gasteiger partial charge on any atom is 0.326 e. The van der Waals surface area contributed by atoms with Crippen molar-refractivity contribution in [3.63, 3.8) is 0 Å². The number of carbonyl (C=O) groups excluding carboxylic acids is 1. The van der Waals surface area contributed by atoms with Crippen molar-refractivity contribution in [2.45, 2.75) is 6.42 Å². The van der Waals surface area contributed by atoms with Crippen LogP contribution in [0.5, 0.6) is 5.75 Å². The van der Waals surface area contributed by atoms with Crippen LogP contribution in [0.3, 0.4) is 0 Å². The smallest absolute Gasteiger partial charge is 0.326 e. The van der Waals surface area contributed by atoms with Crippen LogP contribution in [0.2, 0.25) is 0 Å². The summed E-state index contributed by atoms with van der Waals surface area (Å²) in [6, 6.07) is 11.0. The van der Waals surface area contributed by atoms with E-state index in [0.717, 1.165) is 14.2 Å². The Hall–Kier alpha value is -2.81. The van der Waals surface area contributed by atoms with Crippen LogP contribution in [-0.2, 0) is 21.4 Å². The lowest BCUT2D eigenvalue weighted by Gasteiger charge is -2.19. The molecule has 7 nitrogen and oxygen atoms in total. The fraction of sp³-hybridized carbons (Fsp3) is 0.278. The maximum atomic E-state index is 13.6. The van der Waals surface area contributed by atoms with Gasteiger partial charge < -0.3 is 10.1 Å². The summed E-state index contributed by atoms with van der Waals surface area (Å²) in [6.07, 6.45) is 0.113. The van der Waals surface area contributed by atoms with Gasteiger partial charge in [0.1, 0.15) is 11.6 Å². The number of benzene rings is 2. The molecule has 2 aromatic carbocycles. The van der Waals surface area contributed by atoms with Crippen LogP contribution in [0, 0.1) is 5.82 Å². The van der Waals surface area contributed by atoms with Gasteiger partial charge in [-0.1, -0.05) is 18.2 Å². The second kappa shape index (κ2) is 7.43. The molecular formula is C18H20FN3O4S. The Kier molecular flexibility index (Phi) is 5.22. The Morgan fingerprint density at radius 1 is 1.19 bits per heavy atom. The average Bonchev–Trinajstić information content (AvgIpc) is 2.82. The molecule has 1 heterocycles. The van der Waals surface area contributed by atoms with Crippen molar-refractivity contribution in [1.82, 2.24) is 5.32 Å². The number of nitrogens with one attached hydrogen (secondary N) is 1. The Bertz CT molecular complexity index is 965. The lowest BCUT2D eigenvalue weighted by Crippen LogP contribution is -2.41. The van der Waals surface area contributed by atoms with E-state index in [4.69, 9.17) is 4.74 Å². The van der Waals surface area contributed by atoms with Crippen LogP contribution < -0.4 is 18.7 Å². The second-order valence-corrected chi connectivity index (χ2v) is 7.90. The molecule has 0 radical (unpaired) electrons. The topological polar surface area (TPSA) is 79.0 Å². The molecule has 0 saturated heterocycles. The summed E-state index contributed by atoms with van der Waals surface area (Å²) in [5.74, 6) is -0.172. The maximum absolute atomic E-state index is 13.6. The monoisotopic (exact) mass is 393 g/mol. The largest absolute Gasteiger partial charge is 0.496 e. The highest BCUT2D eigenvalue weighted by atomic mass is 32.2. The van der Waals surface area contributed by atoms with Crippen molar-refractivity contribution in [2.24, 2.45) is 0 Å². The Morgan fingerprint density at radius 2 is 1.93 bits per heavy atom. The number of para-hydroxylation sites is 1. The van der Waals surface area contributed by atoms with E-state index in [1.54, 1.807) is 12.1 Å². The number of nitrogens with zero attached hydrogens (tertiary/aromatic N) is 2. The first-order valence-electron chi connectivity index (χ1n) is 8.29. The first-order chi connectivity index (χ1) is 12.8. The standard InChI is InChI=1S/C18H20FN3O4S/c1-21-15-8-7-14(19)12-16(15)22(27(21,24)25)10-9-20-18(23)11-13-5-3-4-6-17(13)26-2/h3-8,12H,9-11H2,1-2H3,(H,20,23). The van der Waals surface area contributed by atoms with Crippen LogP contribution >= 0.6 is 0 Å². The molecule has 9 heteroatoms. The van der Waals surface area contributed by atoms with E-state index >= 15 is 0 Å². The molecule has 0 spiro atoms. The third kappa shape index (κ3) is 3.68. The number of hydrogen-bond donors (Lipinski definition) is 1. The van der Waals surface area contributed by atoms with Gasteiger partial charge in [0.15, 0.2) is 0 Å². The van der Waals surface area contributed by atoms with Gasteiger partial charge in [0, 0.05) is 25.2 Å². The molecular weight excluding hydrogens is 373 g/mol. The minimum Gasteiger partial charge on any atom is -0.496 e. The van der Waals surface area contributed by atoms with E-state index in [9.17, 15) is 17.6 Å². The summed E-state index contributed by atoms with van der Waals surface area (Å²) in [5.41, 5.74) is 1.40. The molecule has 0 aromatic heterocycles. The Labute approximate surface area is 157 Å². The molecule has 1 N–H and O–H groups in total. The molecule has 0 saturated carbocycles. The molecule has 27 heavy (non-hydrogen) atoms. The van der Waals surface area contributed by atoms with E-state index in [2.05, 4.69) is 5.32 Å². The Morgan fingerprint density at radius 3 is 2.67 bits per heavy atom. The van der Waals surface area contributed by atoms with Crippen LogP contribution in [-0.4, -0.2) is 41.6 Å². The van der Waals surface area contributed by atoms with Gasteiger partial charge in [0.25, 0.3) is 0 Å². The highest BCUT2D eigenvalue weighted by Gasteiger charge is 2.37. The summed E-state index contributed by atoms with van der Waals surface area (Å²) in [7, 11) is -0.842. The van der Waals surface area contributed by atoms with E-state index < -0.39 is 16.0 Å². The van der Waals surface area contributed by atoms with Crippen molar-refractivity contribution in [3.8, 4) is 5.75 Å². The fourth-order valence-electron chi connectivity index (χ4n) is 2.98. The molecule has 1 amide bonds. The van der Waals surface area contributed by atoms with E-state index in [1.165, 1.54) is 32.4 Å². The predicted molar refractivity (Wildman–Crippen MR) is 101 cm³/mol. The third-order valence-electron chi connectivity index (χ3n) is 4.35. The SMILES string of the molecule is COc1ccccc1CC(=O)NCCN1c2cc(F)ccc2N(C)S1(=O)=O. The number of ether oxygens (including phenoxy) is 1. The average molecular weight is 393 g/mol. The summed E-state index contributed by atoms with van der Waals surface area (Å²) >= 11 is 0. The first-order valence-corrected chi connectivity index (χ1v) is 9.69. The lowest BCUT2D eigenvalue weighted by molar-refractivity contribution is -0.120. The van der Waals surface area contributed by atoms with Gasteiger partial charge in [-0.2, -0.15) is 8.42 Å². The second-order valence-electron chi connectivity index (χ2n) is 6.02. The zero-order valence-electron chi connectivity index (χ0n) is 15.0. The van der Waals surface area contributed by atoms with Crippen molar-refractivity contribution in [1.29, 1.82) is 0 Å². The van der Waals surface area contributed by atoms with Crippen molar-refractivity contribution < 1.29 is 22.3 Å². The van der Waals surface area contributed by atoms with Gasteiger partial charge >= 0.3 is 10.2 Å². The highest BCUT2D eigenvalue weighted by Crippen LogP contribution is 2.39. The third-order valence-corrected chi connectivity index (χ3v) is 6.18. The van der Waals surface area contributed by atoms with Crippen LogP contribution in [0.25, 0.3) is 0 Å². The number of fused-ring (bicyclic) bond motifs is 1. The van der Waals surface area contributed by atoms with E-state index in [-0.39, 0.29) is 31.1 Å². The van der Waals surface area contributed by atoms with Crippen molar-refractivity contribution in [2.75, 3.05) is 35.9 Å². The van der Waals surface area contributed by atoms with Crippen LogP contribution in [0.15, 0.2) is 42.5 Å². The number of hydrogen-bond acceptors (Lipinski definition) is 4. The molecule has 1 aliphatic heterocycles. The number of halogens is 1. The number of amides is 1. The van der Waals surface area contributed by atoms with Crippen molar-refractivity contribution >= 4 is 27.5 Å². The van der Waals surface area contributed by atoms with Gasteiger partial charge in [-0.3, -0.25) is 9.10 Å². The molecule has 2 aromatic rings. The van der Waals surface area contributed by atoms with Gasteiger partial charge in [-0.05, 0) is 18.2 Å². The molecule has 0 aliphatic carbocycles. The minimum atomic E-state index is -3.78. The van der Waals surface area contributed by atoms with Crippen LogP contribution in [0.1, 0.15) is 5.56 Å². The zero-order chi connectivity index (χ0) is 19.6. The molecule has 3 rings (SSSR count). The zero-order valence-corrected chi connectivity index (χ0v) is 15.8. The van der Waals surface area contributed by atoms with E-state index in [0.29, 0.717) is 11.4 Å². The first kappa shape index (κ1) is 19.0. The number of anilines is 2. The van der Waals surface area contributed by atoms with Crippen LogP contribution in [0.4, 0.5) is 15.8 Å². The van der Waals surface area contributed by atoms with Gasteiger partial charge in [0.2, 0.25) is 5.91 Å². The lowest BCUT2D eigenvalue weighted by atomic mass is 10.1. The van der Waals surface area contributed by atoms with Gasteiger partial charge in [-0.25, -0.2) is 8.70 Å². The summed E-state index contributed by atoms with van der Waals surface area (Å²) in [4.78, 5) is 12.2. The van der Waals surface area contributed by atoms with E-state index in [1.807, 2.05) is 12.1 Å². The number of methoxy groups -OCH3 is 1. The Balaban J connectivity index is 1.65. The molecule has 1 aliphatic rings. The van der Waals surface area contributed by atoms with Gasteiger partial charge in [0.05, 0.1) is 31.5 Å². The summed E-state index contributed by atoms with van der Waals surface area (Å²) in [6.45, 7) is 0.0950. The molecule has 0 fully saturated rings. The quantitative estimate of drug-likeness (QED) is 0.810. The normalized spacial score (nSPS) is 14.8. The molecule has 0 unspecified atom stereocenters. The predicted octanol–water partition coefficient (Wildman–Crippen LogP) is 1.69. The highest BCUT2D eigenvalue weighted by molar-refractivity contribution is 7.94. The minimum absolute atomic E-state index is 0.000785. The molecule has 0 atom stereocenters. The summed E-state index contributed by atoms with van der Waals surface area (Å²) in [5, 5.41) is 2.69. The fourth-order valence-corrected chi connectivity index (χ4v) is 4.39. The summed E-state index contributed by atoms with van der Waals surface area (Å²) < 4.78 is 46.0. The number of carbonyl (C=O) groups is 1. The molecule has 0 bridgehead atoms. The van der Waals surface area contributed by atoms with Gasteiger partial charge in [-0.15, -0.1) is 0 Å². The number of rotatable bonds is 6. The van der Waals surface area contributed by atoms with Crippen molar-refractivity contribution in [3.05, 3.63) is 53.8 Å².